The molecule has 1 fully saturated rings. The number of nitrogens with zero attached hydrogens (tertiary/aromatic N) is 4. The highest BCUT2D eigenvalue weighted by Gasteiger charge is 2.53. The molecular weight excluding hydrogens is 577 g/mol. The average Bonchev–Trinajstić information content (AvgIpc) is 3.50. The molecule has 0 saturated carbocycles. The summed E-state index contributed by atoms with van der Waals surface area (Å²) < 4.78 is 44.5. The number of anilines is 1. The van der Waals surface area contributed by atoms with Gasteiger partial charge < -0.3 is 29.4 Å². The van der Waals surface area contributed by atoms with E-state index in [0.29, 0.717) is 5.56 Å². The zero-order valence-corrected chi connectivity index (χ0v) is 24.2. The van der Waals surface area contributed by atoms with Gasteiger partial charge in [0.1, 0.15) is 5.52 Å². The molecule has 13 nitrogen and oxygen atoms in total. The van der Waals surface area contributed by atoms with Crippen LogP contribution in [0.3, 0.4) is 0 Å². The quantitative estimate of drug-likeness (QED) is 0.147. The molecule has 226 valence electrons. The lowest BCUT2D eigenvalue weighted by atomic mass is 9.93. The van der Waals surface area contributed by atoms with Gasteiger partial charge in [0.05, 0.1) is 44.9 Å². The van der Waals surface area contributed by atoms with E-state index >= 15 is 4.39 Å². The third-order valence-electron chi connectivity index (χ3n) is 6.69. The number of imidazole rings is 1. The number of aromatic nitrogens is 4. The molecule has 0 spiro atoms. The first kappa shape index (κ1) is 31.1. The van der Waals surface area contributed by atoms with Gasteiger partial charge in [-0.25, -0.2) is 23.8 Å². The Kier molecular flexibility index (Phi) is 9.28. The normalized spacial score (nSPS) is 20.4. The van der Waals surface area contributed by atoms with Gasteiger partial charge >= 0.3 is 17.9 Å². The number of nitrogen functional groups attached to an aromatic ring is 1. The van der Waals surface area contributed by atoms with Crippen molar-refractivity contribution in [3.05, 3.63) is 47.0 Å². The Hall–Kier alpha value is -3.88. The molecule has 42 heavy (non-hydrogen) atoms. The number of halogens is 2. The topological polar surface area (TPSA) is 167 Å². The van der Waals surface area contributed by atoms with Crippen molar-refractivity contribution in [3.63, 3.8) is 0 Å². The highest BCUT2D eigenvalue weighted by Crippen LogP contribution is 2.43. The summed E-state index contributed by atoms with van der Waals surface area (Å²) in [4.78, 5) is 50.6. The molecule has 0 aliphatic carbocycles. The minimum atomic E-state index is -2.25. The van der Waals surface area contributed by atoms with E-state index in [1.807, 2.05) is 0 Å². The number of esters is 3. The second-order valence-electron chi connectivity index (χ2n) is 9.74. The second kappa shape index (κ2) is 12.5. The molecule has 2 aromatic heterocycles. The van der Waals surface area contributed by atoms with E-state index in [9.17, 15) is 14.4 Å². The molecule has 1 saturated heterocycles. The van der Waals surface area contributed by atoms with Crippen LogP contribution in [-0.2, 0) is 39.7 Å². The molecule has 1 aliphatic rings. The Morgan fingerprint density at radius 2 is 1.81 bits per heavy atom. The molecule has 0 radical (unpaired) electrons. The van der Waals surface area contributed by atoms with Gasteiger partial charge in [0.2, 0.25) is 5.28 Å². The van der Waals surface area contributed by atoms with E-state index in [2.05, 4.69) is 15.0 Å². The minimum Gasteiger partial charge on any atom is -0.465 e. The molecule has 1 aromatic carbocycles. The predicted molar refractivity (Wildman–Crippen MR) is 146 cm³/mol. The summed E-state index contributed by atoms with van der Waals surface area (Å²) >= 11 is 5.96. The monoisotopic (exact) mass is 607 g/mol. The lowest BCUT2D eigenvalue weighted by Crippen LogP contribution is -2.54. The van der Waals surface area contributed by atoms with E-state index in [0.717, 1.165) is 0 Å². The summed E-state index contributed by atoms with van der Waals surface area (Å²) in [7, 11) is 1.25. The van der Waals surface area contributed by atoms with E-state index < -0.39 is 41.5 Å². The van der Waals surface area contributed by atoms with Crippen LogP contribution in [0.4, 0.5) is 10.2 Å². The van der Waals surface area contributed by atoms with Crippen LogP contribution in [0, 0.1) is 0 Å². The van der Waals surface area contributed by atoms with Crippen molar-refractivity contribution in [2.45, 2.75) is 57.2 Å². The molecule has 0 amide bonds. The summed E-state index contributed by atoms with van der Waals surface area (Å²) in [5.41, 5.74) is 2.81. The van der Waals surface area contributed by atoms with E-state index in [1.165, 1.54) is 37.1 Å². The SMILES string of the molecule is CCOC(=O)C(Cc1ccc(C(=O)OC)cc1)(OC[C@@H]1C[C@@](C)(F)[C@H](n2cnc3c(N)nc(Cl)nc32)O1)C(=O)OCC. The standard InChI is InChI=1S/C27H31ClFN5O8/c1-5-39-23(36)27(24(37)40-6-2,11-15-7-9-16(10-8-15)21(35)38-4)41-13-17-12-26(3,29)22(42-17)34-14-31-18-19(30)32-25(28)33-20(18)34/h7-10,14,17,22H,5-6,11-13H2,1-4H3,(H2,30,32,33)/t17-,22+,26+/m0/s1. The smallest absolute Gasteiger partial charge is 0.350 e. The van der Waals surface area contributed by atoms with Crippen molar-refractivity contribution in [3.8, 4) is 0 Å². The fraction of sp³-hybridized carbons (Fsp3) is 0.481. The Bertz CT molecular complexity index is 1450. The fourth-order valence-electron chi connectivity index (χ4n) is 4.75. The van der Waals surface area contributed by atoms with Crippen LogP contribution >= 0.6 is 11.6 Å². The Labute approximate surface area is 245 Å². The first-order chi connectivity index (χ1) is 19.9. The van der Waals surface area contributed by atoms with E-state index in [1.54, 1.807) is 26.0 Å². The number of alkyl halides is 1. The molecular formula is C27H31ClFN5O8. The van der Waals surface area contributed by atoms with Crippen LogP contribution in [-0.4, -0.2) is 81.7 Å². The lowest BCUT2D eigenvalue weighted by Gasteiger charge is -2.30. The van der Waals surface area contributed by atoms with Gasteiger partial charge in [0, 0.05) is 12.8 Å². The van der Waals surface area contributed by atoms with Crippen LogP contribution in [0.1, 0.15) is 49.3 Å². The zero-order valence-electron chi connectivity index (χ0n) is 23.5. The molecule has 3 aromatic rings. The van der Waals surface area contributed by atoms with Crippen LogP contribution in [0.2, 0.25) is 5.28 Å². The molecule has 2 N–H and O–H groups in total. The Morgan fingerprint density at radius 1 is 1.17 bits per heavy atom. The van der Waals surface area contributed by atoms with E-state index in [4.69, 9.17) is 41.0 Å². The Balaban J connectivity index is 1.62. The molecule has 1 aliphatic heterocycles. The summed E-state index contributed by atoms with van der Waals surface area (Å²) in [6.07, 6.45) is -1.27. The number of methoxy groups -OCH3 is 1. The average molecular weight is 608 g/mol. The maximum Gasteiger partial charge on any atom is 0.350 e. The van der Waals surface area contributed by atoms with Gasteiger partial charge in [0.15, 0.2) is 23.4 Å². The predicted octanol–water partition coefficient (Wildman–Crippen LogP) is 2.99. The largest absolute Gasteiger partial charge is 0.465 e. The van der Waals surface area contributed by atoms with Crippen molar-refractivity contribution in [1.82, 2.24) is 19.5 Å². The summed E-state index contributed by atoms with van der Waals surface area (Å²) in [5, 5.41) is -0.145. The molecule has 4 rings (SSSR count). The highest BCUT2D eigenvalue weighted by molar-refractivity contribution is 6.28. The summed E-state index contributed by atoms with van der Waals surface area (Å²) in [6, 6.07) is 6.07. The van der Waals surface area contributed by atoms with Crippen molar-refractivity contribution in [2.24, 2.45) is 0 Å². The summed E-state index contributed by atoms with van der Waals surface area (Å²) in [5.74, 6) is -2.50. The first-order valence-corrected chi connectivity index (χ1v) is 13.5. The third kappa shape index (κ3) is 6.15. The molecule has 0 unspecified atom stereocenters. The number of hydrogen-bond acceptors (Lipinski definition) is 12. The second-order valence-corrected chi connectivity index (χ2v) is 10.1. The van der Waals surface area contributed by atoms with Crippen LogP contribution in [0.5, 0.6) is 0 Å². The van der Waals surface area contributed by atoms with E-state index in [-0.39, 0.29) is 60.5 Å². The minimum absolute atomic E-state index is 0.0236. The van der Waals surface area contributed by atoms with Gasteiger partial charge in [-0.1, -0.05) is 12.1 Å². The number of nitrogens with two attached hydrogens (primary N) is 1. The third-order valence-corrected chi connectivity index (χ3v) is 6.86. The first-order valence-electron chi connectivity index (χ1n) is 13.1. The number of benzene rings is 1. The van der Waals surface area contributed by atoms with Crippen LogP contribution in [0.25, 0.3) is 11.2 Å². The summed E-state index contributed by atoms with van der Waals surface area (Å²) in [6.45, 7) is 4.03. The number of ether oxygens (including phenoxy) is 5. The number of fused-ring (bicyclic) bond motifs is 1. The molecule has 3 atom stereocenters. The number of hydrogen-bond donors (Lipinski definition) is 1. The zero-order chi connectivity index (χ0) is 30.7. The van der Waals surface area contributed by atoms with Crippen LogP contribution in [0.15, 0.2) is 30.6 Å². The van der Waals surface area contributed by atoms with Gasteiger partial charge in [-0.15, -0.1) is 0 Å². The lowest BCUT2D eigenvalue weighted by molar-refractivity contribution is -0.195. The van der Waals surface area contributed by atoms with Gasteiger partial charge in [-0.05, 0) is 50.1 Å². The molecule has 15 heteroatoms. The Morgan fingerprint density at radius 3 is 2.40 bits per heavy atom. The number of rotatable bonds is 11. The van der Waals surface area contributed by atoms with Crippen molar-refractivity contribution in [1.29, 1.82) is 0 Å². The van der Waals surface area contributed by atoms with Crippen molar-refractivity contribution >= 4 is 46.5 Å². The van der Waals surface area contributed by atoms with Gasteiger partial charge in [0.25, 0.3) is 5.60 Å². The number of carbonyl (C=O) groups is 3. The molecule has 0 bridgehead atoms. The van der Waals surface area contributed by atoms with Crippen molar-refractivity contribution in [2.75, 3.05) is 32.7 Å². The van der Waals surface area contributed by atoms with Gasteiger partial charge in [-0.2, -0.15) is 9.97 Å². The highest BCUT2D eigenvalue weighted by atomic mass is 35.5. The number of carbonyl (C=O) groups excluding carboxylic acids is 3. The van der Waals surface area contributed by atoms with Crippen LogP contribution < -0.4 is 5.73 Å². The fourth-order valence-corrected chi connectivity index (χ4v) is 4.92. The maximum absolute atomic E-state index is 15.9. The maximum atomic E-state index is 15.9. The van der Waals surface area contributed by atoms with Crippen molar-refractivity contribution < 1.29 is 42.5 Å². The van der Waals surface area contributed by atoms with Gasteiger partial charge in [-0.3, -0.25) is 4.57 Å². The molecule has 3 heterocycles.